The molecule has 1 aliphatic rings. The van der Waals surface area contributed by atoms with Crippen molar-refractivity contribution >= 4 is 17.2 Å². The highest BCUT2D eigenvalue weighted by atomic mass is 32.1. The monoisotopic (exact) mass is 372 g/mol. The lowest BCUT2D eigenvalue weighted by atomic mass is 10.1. The summed E-state index contributed by atoms with van der Waals surface area (Å²) >= 11 is 1.70. The number of carbonyl (C=O) groups is 1. The molecule has 6 heteroatoms. The molecule has 0 saturated carbocycles. The van der Waals surface area contributed by atoms with Gasteiger partial charge in [0.05, 0.1) is 12.2 Å². The minimum atomic E-state index is -0.167. The molecule has 2 heterocycles. The number of piperazine rings is 1. The Labute approximate surface area is 160 Å². The Hall–Kier alpha value is -1.76. The molecule has 26 heavy (non-hydrogen) atoms. The van der Waals surface area contributed by atoms with Crippen LogP contribution in [0.3, 0.4) is 0 Å². The second-order valence-electron chi connectivity index (χ2n) is 7.86. The van der Waals surface area contributed by atoms with Crippen molar-refractivity contribution in [3.05, 3.63) is 41.4 Å². The van der Waals surface area contributed by atoms with Crippen LogP contribution in [0.5, 0.6) is 0 Å². The zero-order valence-corrected chi connectivity index (χ0v) is 16.7. The molecule has 1 aromatic heterocycles. The Morgan fingerprint density at radius 1 is 1.12 bits per heavy atom. The lowest BCUT2D eigenvalue weighted by Gasteiger charge is -2.34. The van der Waals surface area contributed by atoms with Gasteiger partial charge in [0, 0.05) is 49.2 Å². The van der Waals surface area contributed by atoms with Crippen molar-refractivity contribution < 1.29 is 4.79 Å². The van der Waals surface area contributed by atoms with Crippen LogP contribution in [-0.2, 0) is 11.3 Å². The summed E-state index contributed by atoms with van der Waals surface area (Å²) in [5.74, 6) is 0.109. The second kappa shape index (κ2) is 8.29. The van der Waals surface area contributed by atoms with Gasteiger partial charge in [-0.15, -0.1) is 11.3 Å². The van der Waals surface area contributed by atoms with E-state index in [1.807, 2.05) is 39.0 Å². The van der Waals surface area contributed by atoms with Gasteiger partial charge < -0.3 is 5.32 Å². The average Bonchev–Trinajstić information content (AvgIpc) is 3.04. The third kappa shape index (κ3) is 5.62. The van der Waals surface area contributed by atoms with Crippen LogP contribution < -0.4 is 5.32 Å². The summed E-state index contributed by atoms with van der Waals surface area (Å²) in [5.41, 5.74) is 2.14. The average molecular weight is 373 g/mol. The summed E-state index contributed by atoms with van der Waals surface area (Å²) < 4.78 is 0. The molecule has 5 nitrogen and oxygen atoms in total. The molecule has 1 aromatic carbocycles. The number of aromatic nitrogens is 1. The van der Waals surface area contributed by atoms with Crippen LogP contribution in [0.2, 0.25) is 0 Å². The van der Waals surface area contributed by atoms with Crippen LogP contribution >= 0.6 is 11.3 Å². The van der Waals surface area contributed by atoms with Crippen molar-refractivity contribution in [2.75, 3.05) is 32.7 Å². The highest BCUT2D eigenvalue weighted by Gasteiger charge is 2.21. The first kappa shape index (κ1) is 19.0. The van der Waals surface area contributed by atoms with Gasteiger partial charge in [-0.2, -0.15) is 0 Å². The number of carbonyl (C=O) groups excluding carboxylic acids is 1. The van der Waals surface area contributed by atoms with Gasteiger partial charge in [0.25, 0.3) is 0 Å². The highest BCUT2D eigenvalue weighted by Crippen LogP contribution is 2.24. The Bertz CT molecular complexity index is 715. The molecule has 1 saturated heterocycles. The zero-order valence-electron chi connectivity index (χ0n) is 15.9. The normalized spacial score (nSPS) is 16.6. The van der Waals surface area contributed by atoms with Crippen molar-refractivity contribution in [2.24, 2.45) is 0 Å². The fourth-order valence-corrected chi connectivity index (χ4v) is 3.91. The Morgan fingerprint density at radius 2 is 1.77 bits per heavy atom. The zero-order chi connectivity index (χ0) is 18.6. The van der Waals surface area contributed by atoms with E-state index in [2.05, 4.69) is 32.6 Å². The molecule has 0 bridgehead atoms. The number of nitrogens with one attached hydrogen (secondary N) is 1. The quantitative estimate of drug-likeness (QED) is 0.877. The van der Waals surface area contributed by atoms with Crippen LogP contribution in [0, 0.1) is 0 Å². The maximum absolute atomic E-state index is 12.1. The van der Waals surface area contributed by atoms with Crippen molar-refractivity contribution in [1.29, 1.82) is 0 Å². The van der Waals surface area contributed by atoms with E-state index in [0.29, 0.717) is 6.54 Å². The van der Waals surface area contributed by atoms with Crippen LogP contribution in [0.25, 0.3) is 10.6 Å². The Balaban J connectivity index is 1.46. The van der Waals surface area contributed by atoms with Gasteiger partial charge in [-0.05, 0) is 20.8 Å². The number of rotatable bonds is 5. The number of benzene rings is 1. The summed E-state index contributed by atoms with van der Waals surface area (Å²) in [5, 5.41) is 6.27. The van der Waals surface area contributed by atoms with E-state index in [-0.39, 0.29) is 11.4 Å². The maximum atomic E-state index is 12.1. The molecule has 140 valence electrons. The van der Waals surface area contributed by atoms with Gasteiger partial charge >= 0.3 is 0 Å². The standard InChI is InChI=1S/C20H28N4OS/c1-20(2,3)22-18(25)14-24-11-9-23(10-12-24)13-17-15-26-19(21-17)16-7-5-4-6-8-16/h4-8,15H,9-14H2,1-3H3,(H,22,25). The first-order chi connectivity index (χ1) is 12.4. The lowest BCUT2D eigenvalue weighted by Crippen LogP contribution is -2.51. The molecular weight excluding hydrogens is 344 g/mol. The number of amides is 1. The summed E-state index contributed by atoms with van der Waals surface area (Å²) in [4.78, 5) is 21.5. The summed E-state index contributed by atoms with van der Waals surface area (Å²) in [6, 6.07) is 10.3. The molecule has 1 fully saturated rings. The van der Waals surface area contributed by atoms with E-state index in [9.17, 15) is 4.79 Å². The van der Waals surface area contributed by atoms with Crippen molar-refractivity contribution in [2.45, 2.75) is 32.9 Å². The molecule has 0 atom stereocenters. The summed E-state index contributed by atoms with van der Waals surface area (Å²) in [6.45, 7) is 11.2. The SMILES string of the molecule is CC(C)(C)NC(=O)CN1CCN(Cc2csc(-c3ccccc3)n2)CC1. The smallest absolute Gasteiger partial charge is 0.234 e. The van der Waals surface area contributed by atoms with Crippen molar-refractivity contribution in [3.63, 3.8) is 0 Å². The van der Waals surface area contributed by atoms with Gasteiger partial charge in [-0.3, -0.25) is 14.6 Å². The van der Waals surface area contributed by atoms with Gasteiger partial charge in [-0.1, -0.05) is 30.3 Å². The number of hydrogen-bond acceptors (Lipinski definition) is 5. The molecule has 0 radical (unpaired) electrons. The van der Waals surface area contributed by atoms with E-state index < -0.39 is 0 Å². The Kier molecular flexibility index (Phi) is 6.06. The molecule has 3 rings (SSSR count). The second-order valence-corrected chi connectivity index (χ2v) is 8.72. The Morgan fingerprint density at radius 3 is 2.42 bits per heavy atom. The molecule has 0 spiro atoms. The van der Waals surface area contributed by atoms with Gasteiger partial charge in [0.1, 0.15) is 5.01 Å². The van der Waals surface area contributed by atoms with E-state index in [1.165, 1.54) is 5.56 Å². The number of nitrogens with zero attached hydrogens (tertiary/aromatic N) is 3. The van der Waals surface area contributed by atoms with E-state index in [1.54, 1.807) is 11.3 Å². The molecule has 1 amide bonds. The van der Waals surface area contributed by atoms with Crippen LogP contribution in [0.1, 0.15) is 26.5 Å². The summed E-state index contributed by atoms with van der Waals surface area (Å²) in [6.07, 6.45) is 0. The van der Waals surface area contributed by atoms with Crippen molar-refractivity contribution in [3.8, 4) is 10.6 Å². The highest BCUT2D eigenvalue weighted by molar-refractivity contribution is 7.13. The molecular formula is C20H28N4OS. The first-order valence-corrected chi connectivity index (χ1v) is 10.0. The molecule has 1 N–H and O–H groups in total. The number of thiazole rings is 1. The maximum Gasteiger partial charge on any atom is 0.234 e. The fourth-order valence-electron chi connectivity index (χ4n) is 3.09. The largest absolute Gasteiger partial charge is 0.350 e. The predicted octanol–water partition coefficient (Wildman–Crippen LogP) is 2.84. The molecule has 1 aliphatic heterocycles. The third-order valence-electron chi connectivity index (χ3n) is 4.30. The van der Waals surface area contributed by atoms with Crippen LogP contribution in [0.4, 0.5) is 0 Å². The molecule has 0 unspecified atom stereocenters. The van der Waals surface area contributed by atoms with E-state index in [4.69, 9.17) is 4.98 Å². The van der Waals surface area contributed by atoms with Crippen molar-refractivity contribution in [1.82, 2.24) is 20.1 Å². The van der Waals surface area contributed by atoms with Gasteiger partial charge in [-0.25, -0.2) is 4.98 Å². The lowest BCUT2D eigenvalue weighted by molar-refractivity contribution is -0.124. The predicted molar refractivity (Wildman–Crippen MR) is 107 cm³/mol. The van der Waals surface area contributed by atoms with Crippen LogP contribution in [0.15, 0.2) is 35.7 Å². The molecule has 2 aromatic rings. The summed E-state index contributed by atoms with van der Waals surface area (Å²) in [7, 11) is 0. The van der Waals surface area contributed by atoms with Gasteiger partial charge in [0.2, 0.25) is 5.91 Å². The van der Waals surface area contributed by atoms with Gasteiger partial charge in [0.15, 0.2) is 0 Å². The fraction of sp³-hybridized carbons (Fsp3) is 0.500. The number of hydrogen-bond donors (Lipinski definition) is 1. The van der Waals surface area contributed by atoms with E-state index >= 15 is 0 Å². The minimum absolute atomic E-state index is 0.109. The van der Waals surface area contributed by atoms with E-state index in [0.717, 1.165) is 43.4 Å². The third-order valence-corrected chi connectivity index (χ3v) is 5.24. The minimum Gasteiger partial charge on any atom is -0.350 e. The first-order valence-electron chi connectivity index (χ1n) is 9.14. The van der Waals surface area contributed by atoms with Crippen LogP contribution in [-0.4, -0.2) is 59.0 Å². The molecule has 0 aliphatic carbocycles. The topological polar surface area (TPSA) is 48.5 Å².